The molecule has 0 saturated heterocycles. The lowest BCUT2D eigenvalue weighted by atomic mass is 10.2. The second-order valence-electron chi connectivity index (χ2n) is 4.77. The Bertz CT molecular complexity index is 913. The minimum atomic E-state index is -4.90. The van der Waals surface area contributed by atoms with E-state index in [-0.39, 0.29) is 22.0 Å². The van der Waals surface area contributed by atoms with Crippen molar-refractivity contribution >= 4 is 21.4 Å². The van der Waals surface area contributed by atoms with Crippen molar-refractivity contribution in [1.29, 1.82) is 0 Å². The first-order valence-electron chi connectivity index (χ1n) is 6.73. The molecular formula is C14H11F3N2O6S. The van der Waals surface area contributed by atoms with Gasteiger partial charge in [-0.25, -0.2) is 8.42 Å². The van der Waals surface area contributed by atoms with E-state index in [9.17, 15) is 31.7 Å². The maximum absolute atomic E-state index is 12.3. The third-order valence-corrected chi connectivity index (χ3v) is 4.39. The maximum atomic E-state index is 12.3. The van der Waals surface area contributed by atoms with Gasteiger partial charge in [0.25, 0.3) is 15.7 Å². The highest BCUT2D eigenvalue weighted by atomic mass is 32.2. The second-order valence-corrected chi connectivity index (χ2v) is 6.45. The predicted molar refractivity (Wildman–Crippen MR) is 83.6 cm³/mol. The molecule has 2 aromatic rings. The van der Waals surface area contributed by atoms with Crippen LogP contribution in [0.25, 0.3) is 0 Å². The van der Waals surface area contributed by atoms with Gasteiger partial charge in [0.1, 0.15) is 11.5 Å². The zero-order valence-corrected chi connectivity index (χ0v) is 13.8. The Morgan fingerprint density at radius 3 is 2.23 bits per heavy atom. The summed E-state index contributed by atoms with van der Waals surface area (Å²) in [7, 11) is -2.98. The molecule has 12 heteroatoms. The molecule has 2 aromatic carbocycles. The molecular weight excluding hydrogens is 381 g/mol. The first-order valence-corrected chi connectivity index (χ1v) is 8.21. The average molecular weight is 392 g/mol. The molecule has 0 fully saturated rings. The third kappa shape index (κ3) is 4.75. The summed E-state index contributed by atoms with van der Waals surface area (Å²) < 4.78 is 71.7. The summed E-state index contributed by atoms with van der Waals surface area (Å²) in [6, 6.07) is 6.75. The van der Waals surface area contributed by atoms with E-state index < -0.39 is 27.1 Å². The van der Waals surface area contributed by atoms with Crippen LogP contribution < -0.4 is 14.2 Å². The zero-order chi connectivity index (χ0) is 19.5. The second kappa shape index (κ2) is 7.07. The Morgan fingerprint density at radius 2 is 1.73 bits per heavy atom. The number of methoxy groups -OCH3 is 1. The number of nitro groups is 1. The number of nitrogens with zero attached hydrogens (tertiary/aromatic N) is 1. The average Bonchev–Trinajstić information content (AvgIpc) is 2.53. The first-order chi connectivity index (χ1) is 12.0. The summed E-state index contributed by atoms with van der Waals surface area (Å²) in [4.78, 5) is 9.72. The van der Waals surface area contributed by atoms with E-state index >= 15 is 0 Å². The Balaban J connectivity index is 2.27. The van der Waals surface area contributed by atoms with Crippen molar-refractivity contribution in [2.75, 3.05) is 11.8 Å². The van der Waals surface area contributed by atoms with Gasteiger partial charge in [0.05, 0.1) is 28.7 Å². The monoisotopic (exact) mass is 392 g/mol. The van der Waals surface area contributed by atoms with Gasteiger partial charge in [0, 0.05) is 6.07 Å². The number of alkyl halides is 3. The van der Waals surface area contributed by atoms with Crippen molar-refractivity contribution in [3.63, 3.8) is 0 Å². The number of nitro benzene ring substituents is 1. The summed E-state index contributed by atoms with van der Waals surface area (Å²) >= 11 is 0. The van der Waals surface area contributed by atoms with Crippen molar-refractivity contribution in [3.8, 4) is 11.5 Å². The fourth-order valence-electron chi connectivity index (χ4n) is 1.90. The summed E-state index contributed by atoms with van der Waals surface area (Å²) in [6.45, 7) is 0. The van der Waals surface area contributed by atoms with Crippen molar-refractivity contribution < 1.29 is 36.0 Å². The Kier molecular flexibility index (Phi) is 5.25. The first kappa shape index (κ1) is 19.3. The highest BCUT2D eigenvalue weighted by Crippen LogP contribution is 2.31. The van der Waals surface area contributed by atoms with Crippen LogP contribution >= 0.6 is 0 Å². The van der Waals surface area contributed by atoms with Crippen LogP contribution in [-0.2, 0) is 10.0 Å². The predicted octanol–water partition coefficient (Wildman–Crippen LogP) is 3.30. The van der Waals surface area contributed by atoms with Crippen molar-refractivity contribution in [2.24, 2.45) is 0 Å². The van der Waals surface area contributed by atoms with Gasteiger partial charge in [0.15, 0.2) is 0 Å². The van der Waals surface area contributed by atoms with Crippen LogP contribution in [0.1, 0.15) is 0 Å². The number of hydrogen-bond acceptors (Lipinski definition) is 6. The number of nitrogens with one attached hydrogen (secondary N) is 1. The van der Waals surface area contributed by atoms with Gasteiger partial charge in [-0.15, -0.1) is 13.2 Å². The maximum Gasteiger partial charge on any atom is 0.573 e. The van der Waals surface area contributed by atoms with Crippen LogP contribution in [0.5, 0.6) is 11.5 Å². The van der Waals surface area contributed by atoms with Crippen molar-refractivity contribution in [1.82, 2.24) is 0 Å². The molecule has 0 aliphatic heterocycles. The van der Waals surface area contributed by atoms with Gasteiger partial charge in [0.2, 0.25) is 0 Å². The molecule has 0 amide bonds. The Labute approximate surface area is 145 Å². The lowest BCUT2D eigenvalue weighted by molar-refractivity contribution is -0.384. The number of non-ortho nitro benzene ring substituents is 1. The Morgan fingerprint density at radius 1 is 1.12 bits per heavy atom. The smallest absolute Gasteiger partial charge is 0.494 e. The summed E-state index contributed by atoms with van der Waals surface area (Å²) in [6.07, 6.45) is -4.90. The summed E-state index contributed by atoms with van der Waals surface area (Å²) in [5, 5.41) is 10.7. The standard InChI is InChI=1S/C14H11F3N2O6S/c1-24-13-8-9(19(20)21)2-7-12(13)18-26(22,23)11-5-3-10(4-6-11)25-14(15,16)17/h2-8,18H,1H3. The number of rotatable bonds is 6. The SMILES string of the molecule is COc1cc([N+](=O)[O-])ccc1NS(=O)(=O)c1ccc(OC(F)(F)F)cc1. The van der Waals surface area contributed by atoms with Crippen LogP contribution in [0.3, 0.4) is 0 Å². The van der Waals surface area contributed by atoms with Gasteiger partial charge in [-0.05, 0) is 30.3 Å². The van der Waals surface area contributed by atoms with E-state index in [1.165, 1.54) is 7.11 Å². The molecule has 140 valence electrons. The van der Waals surface area contributed by atoms with Gasteiger partial charge in [-0.3, -0.25) is 14.8 Å². The molecule has 0 atom stereocenters. The molecule has 0 unspecified atom stereocenters. The molecule has 26 heavy (non-hydrogen) atoms. The minimum absolute atomic E-state index is 0.0753. The van der Waals surface area contributed by atoms with Crippen LogP contribution in [0.15, 0.2) is 47.4 Å². The molecule has 0 heterocycles. The lowest BCUT2D eigenvalue weighted by Gasteiger charge is -2.12. The van der Waals surface area contributed by atoms with E-state index in [1.807, 2.05) is 0 Å². The number of anilines is 1. The van der Waals surface area contributed by atoms with E-state index in [4.69, 9.17) is 4.74 Å². The number of sulfonamides is 1. The molecule has 1 N–H and O–H groups in total. The molecule has 0 spiro atoms. The number of hydrogen-bond donors (Lipinski definition) is 1. The largest absolute Gasteiger partial charge is 0.573 e. The van der Waals surface area contributed by atoms with Gasteiger partial charge in [-0.2, -0.15) is 0 Å². The molecule has 0 aliphatic rings. The fraction of sp³-hybridized carbons (Fsp3) is 0.143. The molecule has 0 radical (unpaired) electrons. The minimum Gasteiger partial charge on any atom is -0.494 e. The molecule has 2 rings (SSSR count). The summed E-state index contributed by atoms with van der Waals surface area (Å²) in [5.74, 6) is -0.677. The van der Waals surface area contributed by atoms with Crippen LogP contribution in [0.2, 0.25) is 0 Å². The summed E-state index contributed by atoms with van der Waals surface area (Å²) in [5.41, 5.74) is -0.382. The zero-order valence-electron chi connectivity index (χ0n) is 13.0. The topological polar surface area (TPSA) is 108 Å². The van der Waals surface area contributed by atoms with Crippen LogP contribution in [0.4, 0.5) is 24.5 Å². The van der Waals surface area contributed by atoms with Crippen LogP contribution in [0, 0.1) is 10.1 Å². The van der Waals surface area contributed by atoms with Gasteiger partial charge in [-0.1, -0.05) is 0 Å². The third-order valence-electron chi connectivity index (χ3n) is 3.01. The van der Waals surface area contributed by atoms with Gasteiger partial charge < -0.3 is 9.47 Å². The van der Waals surface area contributed by atoms with E-state index in [2.05, 4.69) is 9.46 Å². The molecule has 0 aliphatic carbocycles. The Hall–Kier alpha value is -3.02. The quantitative estimate of drug-likeness (QED) is 0.597. The van der Waals surface area contributed by atoms with E-state index in [0.29, 0.717) is 0 Å². The van der Waals surface area contributed by atoms with Gasteiger partial charge >= 0.3 is 6.36 Å². The van der Waals surface area contributed by atoms with Crippen molar-refractivity contribution in [2.45, 2.75) is 11.3 Å². The lowest BCUT2D eigenvalue weighted by Crippen LogP contribution is -2.17. The van der Waals surface area contributed by atoms with E-state index in [0.717, 1.165) is 42.5 Å². The highest BCUT2D eigenvalue weighted by molar-refractivity contribution is 7.92. The number of halogens is 3. The number of ether oxygens (including phenoxy) is 2. The normalized spacial score (nSPS) is 11.7. The van der Waals surface area contributed by atoms with Crippen LogP contribution in [-0.4, -0.2) is 26.8 Å². The fourth-order valence-corrected chi connectivity index (χ4v) is 2.97. The molecule has 8 nitrogen and oxygen atoms in total. The molecule has 0 aromatic heterocycles. The molecule has 0 bridgehead atoms. The van der Waals surface area contributed by atoms with Crippen molar-refractivity contribution in [3.05, 3.63) is 52.6 Å². The molecule has 0 saturated carbocycles. The van der Waals surface area contributed by atoms with E-state index in [1.54, 1.807) is 0 Å². The number of benzene rings is 2. The highest BCUT2D eigenvalue weighted by Gasteiger charge is 2.31.